The fourth-order valence-electron chi connectivity index (χ4n) is 9.34. The van der Waals surface area contributed by atoms with E-state index < -0.39 is 0 Å². The minimum Gasteiger partial charge on any atom is -0.450 e. The van der Waals surface area contributed by atoms with E-state index in [2.05, 4.69) is 210 Å². The summed E-state index contributed by atoms with van der Waals surface area (Å²) in [6, 6.07) is 82.3. The molecule has 4 nitrogen and oxygen atoms in total. The van der Waals surface area contributed by atoms with E-state index in [1.54, 1.807) is 0 Å². The number of thiophene rings is 2. The first-order valence-corrected chi connectivity index (χ1v) is 23.7. The van der Waals surface area contributed by atoms with Gasteiger partial charge in [0.1, 0.15) is 0 Å². The van der Waals surface area contributed by atoms with E-state index in [0.717, 1.165) is 39.7 Å². The molecule has 0 saturated heterocycles. The zero-order valence-electron chi connectivity index (χ0n) is 35.5. The summed E-state index contributed by atoms with van der Waals surface area (Å²) in [5, 5.41) is 4.93. The lowest BCUT2D eigenvalue weighted by atomic mass is 10.0. The largest absolute Gasteiger partial charge is 0.450 e. The van der Waals surface area contributed by atoms with Crippen LogP contribution in [0.15, 0.2) is 231 Å². The molecule has 0 amide bonds. The highest BCUT2D eigenvalue weighted by atomic mass is 32.1. The fourth-order valence-corrected chi connectivity index (χ4v) is 11.6. The van der Waals surface area contributed by atoms with Crippen molar-refractivity contribution >= 4 is 97.1 Å². The Labute approximate surface area is 390 Å². The Morgan fingerprint density at radius 1 is 0.273 bits per heavy atom. The first-order valence-electron chi connectivity index (χ1n) is 22.1. The van der Waals surface area contributed by atoms with Crippen LogP contribution in [0, 0.1) is 0 Å². The van der Waals surface area contributed by atoms with Gasteiger partial charge in [0, 0.05) is 64.5 Å². The number of hydrogen-bond acceptors (Lipinski definition) is 6. The fraction of sp³-hybridized carbons (Fsp3) is 0. The molecule has 0 spiro atoms. The highest BCUT2D eigenvalue weighted by Crippen LogP contribution is 2.52. The molecule has 10 aromatic carbocycles. The highest BCUT2D eigenvalue weighted by Gasteiger charge is 2.26. The summed E-state index contributed by atoms with van der Waals surface area (Å²) in [6.45, 7) is 0. The number of rotatable bonds is 8. The quantitative estimate of drug-likeness (QED) is 0.152. The third-order valence-electron chi connectivity index (χ3n) is 12.5. The second-order valence-corrected chi connectivity index (χ2v) is 18.6. The normalized spacial score (nSPS) is 11.9. The SMILES string of the molecule is c1ccc(-c2ccc(N(c3ccc4c(c3)Oc3ccccc3O4)c3cc(N(c4ccc(-c5ccccc5)cc4)c4ccc5sc6ccccc6c5c4)c4sc5ccccc5c4c3)cc2)cc1. The standard InChI is InChI=1S/C60H38N2O2S2/c1-3-13-39(14-4-1)41-23-27-43(28-24-41)61(46-31-33-55-56(38-46)64-54-20-10-9-19-53(54)63-55)47-36-51-49-18-8-12-22-58(49)66-60(51)52(37-47)62(44-29-25-42(26-30-44)40-15-5-2-6-16-40)45-32-34-59-50(35-45)48-17-7-11-21-57(48)65-59/h1-38H. The lowest BCUT2D eigenvalue weighted by Crippen LogP contribution is -2.14. The van der Waals surface area contributed by atoms with Crippen molar-refractivity contribution in [3.05, 3.63) is 231 Å². The first-order chi connectivity index (χ1) is 32.7. The van der Waals surface area contributed by atoms with Crippen LogP contribution in [-0.2, 0) is 0 Å². The van der Waals surface area contributed by atoms with Crippen molar-refractivity contribution in [2.45, 2.75) is 0 Å². The van der Waals surface area contributed by atoms with Crippen LogP contribution in [0.5, 0.6) is 23.0 Å². The van der Waals surface area contributed by atoms with Crippen LogP contribution >= 0.6 is 22.7 Å². The van der Waals surface area contributed by atoms with Gasteiger partial charge in [0.2, 0.25) is 0 Å². The van der Waals surface area contributed by atoms with Crippen molar-refractivity contribution < 1.29 is 9.47 Å². The smallest absolute Gasteiger partial charge is 0.172 e. The topological polar surface area (TPSA) is 24.9 Å². The number of benzene rings is 10. The lowest BCUT2D eigenvalue weighted by Gasteiger charge is -2.31. The Morgan fingerprint density at radius 3 is 1.39 bits per heavy atom. The van der Waals surface area contributed by atoms with E-state index in [4.69, 9.17) is 9.47 Å². The van der Waals surface area contributed by atoms with Gasteiger partial charge in [-0.05, 0) is 113 Å². The maximum atomic E-state index is 6.55. The molecule has 0 N–H and O–H groups in total. The molecule has 0 atom stereocenters. The van der Waals surface area contributed by atoms with Gasteiger partial charge in [-0.3, -0.25) is 0 Å². The van der Waals surface area contributed by atoms with Crippen LogP contribution in [0.4, 0.5) is 34.1 Å². The molecule has 3 heterocycles. The van der Waals surface area contributed by atoms with Crippen molar-refractivity contribution in [3.63, 3.8) is 0 Å². The van der Waals surface area contributed by atoms with Gasteiger partial charge < -0.3 is 19.3 Å². The molecule has 1 aliphatic rings. The molecule has 0 aliphatic carbocycles. The average molecular weight is 883 g/mol. The van der Waals surface area contributed by atoms with Crippen molar-refractivity contribution in [2.75, 3.05) is 9.80 Å². The van der Waals surface area contributed by atoms with E-state index in [-0.39, 0.29) is 0 Å². The molecule has 0 fully saturated rings. The molecule has 66 heavy (non-hydrogen) atoms. The second-order valence-electron chi connectivity index (χ2n) is 16.5. The van der Waals surface area contributed by atoms with Crippen LogP contribution in [0.2, 0.25) is 0 Å². The number of para-hydroxylation sites is 2. The molecule has 0 bridgehead atoms. The van der Waals surface area contributed by atoms with Crippen molar-refractivity contribution in [3.8, 4) is 45.3 Å². The van der Waals surface area contributed by atoms with Crippen molar-refractivity contribution in [1.82, 2.24) is 0 Å². The molecule has 0 saturated carbocycles. The van der Waals surface area contributed by atoms with Crippen LogP contribution in [-0.4, -0.2) is 0 Å². The summed E-state index contributed by atoms with van der Waals surface area (Å²) in [4.78, 5) is 4.81. The Kier molecular flexibility index (Phi) is 9.18. The van der Waals surface area contributed by atoms with Gasteiger partial charge in [-0.25, -0.2) is 0 Å². The predicted molar refractivity (Wildman–Crippen MR) is 279 cm³/mol. The summed E-state index contributed by atoms with van der Waals surface area (Å²) in [5.41, 5.74) is 10.9. The monoisotopic (exact) mass is 882 g/mol. The van der Waals surface area contributed by atoms with Gasteiger partial charge in [-0.2, -0.15) is 0 Å². The molecule has 12 aromatic rings. The van der Waals surface area contributed by atoms with Gasteiger partial charge in [0.25, 0.3) is 0 Å². The van der Waals surface area contributed by atoms with E-state index in [0.29, 0.717) is 23.0 Å². The number of fused-ring (bicyclic) bond motifs is 8. The Balaban J connectivity index is 1.05. The van der Waals surface area contributed by atoms with E-state index in [1.165, 1.54) is 57.0 Å². The van der Waals surface area contributed by atoms with Crippen LogP contribution in [0.1, 0.15) is 0 Å². The number of hydrogen-bond donors (Lipinski definition) is 0. The van der Waals surface area contributed by atoms with E-state index in [1.807, 2.05) is 53.0 Å². The minimum atomic E-state index is 0.663. The minimum absolute atomic E-state index is 0.663. The zero-order chi connectivity index (χ0) is 43.6. The third kappa shape index (κ3) is 6.66. The third-order valence-corrected chi connectivity index (χ3v) is 14.9. The summed E-state index contributed by atoms with van der Waals surface area (Å²) in [6.07, 6.45) is 0. The summed E-state index contributed by atoms with van der Waals surface area (Å²) >= 11 is 3.69. The molecule has 1 aliphatic heterocycles. The molecule has 312 valence electrons. The van der Waals surface area contributed by atoms with E-state index in [9.17, 15) is 0 Å². The van der Waals surface area contributed by atoms with Crippen LogP contribution < -0.4 is 19.3 Å². The summed E-state index contributed by atoms with van der Waals surface area (Å²) < 4.78 is 17.9. The van der Waals surface area contributed by atoms with E-state index >= 15 is 0 Å². The second kappa shape index (κ2) is 15.8. The van der Waals surface area contributed by atoms with Gasteiger partial charge in [-0.1, -0.05) is 133 Å². The van der Waals surface area contributed by atoms with Gasteiger partial charge in [0.15, 0.2) is 23.0 Å². The van der Waals surface area contributed by atoms with Gasteiger partial charge >= 0.3 is 0 Å². The number of ether oxygens (including phenoxy) is 2. The highest BCUT2D eigenvalue weighted by molar-refractivity contribution is 7.26. The molecule has 0 unspecified atom stereocenters. The molecular weight excluding hydrogens is 845 g/mol. The number of anilines is 6. The van der Waals surface area contributed by atoms with Gasteiger partial charge in [0.05, 0.1) is 16.1 Å². The average Bonchev–Trinajstić information content (AvgIpc) is 3.95. The molecule has 6 heteroatoms. The van der Waals surface area contributed by atoms with Crippen molar-refractivity contribution in [1.29, 1.82) is 0 Å². The maximum Gasteiger partial charge on any atom is 0.172 e. The first kappa shape index (κ1) is 38.3. The summed E-state index contributed by atoms with van der Waals surface area (Å²) in [5.74, 6) is 2.74. The van der Waals surface area contributed by atoms with Crippen LogP contribution in [0.3, 0.4) is 0 Å². The Morgan fingerprint density at radius 2 is 0.727 bits per heavy atom. The predicted octanol–water partition coefficient (Wildman–Crippen LogP) is 18.6. The Bertz CT molecular complexity index is 3770. The van der Waals surface area contributed by atoms with Crippen molar-refractivity contribution in [2.24, 2.45) is 0 Å². The summed E-state index contributed by atoms with van der Waals surface area (Å²) in [7, 11) is 0. The molecular formula is C60H38N2O2S2. The molecule has 2 aromatic heterocycles. The zero-order valence-corrected chi connectivity index (χ0v) is 37.1. The van der Waals surface area contributed by atoms with Crippen LogP contribution in [0.25, 0.3) is 62.6 Å². The van der Waals surface area contributed by atoms with Gasteiger partial charge in [-0.15, -0.1) is 22.7 Å². The Hall–Kier alpha value is -8.16. The molecule has 0 radical (unpaired) electrons. The maximum absolute atomic E-state index is 6.55. The number of nitrogens with zero attached hydrogens (tertiary/aromatic N) is 2. The lowest BCUT2D eigenvalue weighted by molar-refractivity contribution is 0.360. The molecule has 13 rings (SSSR count).